The first-order chi connectivity index (χ1) is 10.4. The topological polar surface area (TPSA) is 79.8 Å². The summed E-state index contributed by atoms with van der Waals surface area (Å²) in [7, 11) is -3.20. The number of likely N-dealkylation sites (tertiary alicyclic amines) is 1. The van der Waals surface area contributed by atoms with Gasteiger partial charge in [-0.05, 0) is 6.42 Å². The number of carbonyl (C=O) groups is 1. The molecule has 2 atom stereocenters. The molecule has 3 rings (SSSR count). The van der Waals surface area contributed by atoms with Gasteiger partial charge in [-0.2, -0.15) is 4.31 Å². The molecule has 0 N–H and O–H groups in total. The number of amides is 1. The average molecular weight is 345 g/mol. The van der Waals surface area contributed by atoms with Crippen molar-refractivity contribution in [1.29, 1.82) is 0 Å². The smallest absolute Gasteiger partial charge is 0.273 e. The summed E-state index contributed by atoms with van der Waals surface area (Å²) in [4.78, 5) is 18.2. The molecule has 0 aromatic carbocycles. The van der Waals surface area contributed by atoms with Crippen LogP contribution >= 0.6 is 11.3 Å². The van der Waals surface area contributed by atoms with Gasteiger partial charge in [-0.3, -0.25) is 4.79 Å². The summed E-state index contributed by atoms with van der Waals surface area (Å²) in [5, 5.41) is 1.74. The van der Waals surface area contributed by atoms with E-state index in [1.54, 1.807) is 15.8 Å². The van der Waals surface area contributed by atoms with Gasteiger partial charge in [0.2, 0.25) is 10.0 Å². The number of fused-ring (bicyclic) bond motifs is 1. The molecule has 3 heterocycles. The van der Waals surface area contributed by atoms with E-state index in [2.05, 4.69) is 4.98 Å². The van der Waals surface area contributed by atoms with Crippen LogP contribution in [0.15, 0.2) is 10.9 Å². The second kappa shape index (κ2) is 6.23. The number of rotatable bonds is 2. The number of piperidine rings is 1. The average Bonchev–Trinajstić information content (AvgIpc) is 2.91. The number of thiazole rings is 1. The normalized spacial score (nSPS) is 27.2. The molecular weight excluding hydrogens is 326 g/mol. The Hall–Kier alpha value is -1.03. The first kappa shape index (κ1) is 15.9. The fourth-order valence-corrected chi connectivity index (χ4v) is 4.38. The highest BCUT2D eigenvalue weighted by Gasteiger charge is 2.37. The van der Waals surface area contributed by atoms with Crippen molar-refractivity contribution < 1.29 is 17.9 Å². The van der Waals surface area contributed by atoms with E-state index in [-0.39, 0.29) is 17.9 Å². The standard InChI is InChI=1S/C13H19N3O4S2/c1-22(18,19)16-4-5-20-12-7-15(3-2-10(12)6-16)13(17)11-8-21-9-14-11/h8-10,12H,2-7H2,1H3/t10-,12-/m0/s1. The van der Waals surface area contributed by atoms with E-state index in [0.717, 1.165) is 6.42 Å². The monoisotopic (exact) mass is 345 g/mol. The van der Waals surface area contributed by atoms with E-state index < -0.39 is 10.0 Å². The fraction of sp³-hybridized carbons (Fsp3) is 0.692. The Morgan fingerprint density at radius 2 is 2.23 bits per heavy atom. The van der Waals surface area contributed by atoms with Crippen LogP contribution in [-0.4, -0.2) is 73.7 Å². The molecule has 1 amide bonds. The lowest BCUT2D eigenvalue weighted by Gasteiger charge is -2.37. The van der Waals surface area contributed by atoms with Crippen LogP contribution < -0.4 is 0 Å². The van der Waals surface area contributed by atoms with Crippen LogP contribution in [0.3, 0.4) is 0 Å². The molecular formula is C13H19N3O4S2. The van der Waals surface area contributed by atoms with Gasteiger partial charge < -0.3 is 9.64 Å². The van der Waals surface area contributed by atoms with Crippen LogP contribution in [0.2, 0.25) is 0 Å². The maximum Gasteiger partial charge on any atom is 0.273 e. The lowest BCUT2D eigenvalue weighted by atomic mass is 9.93. The van der Waals surface area contributed by atoms with E-state index in [1.807, 2.05) is 0 Å². The van der Waals surface area contributed by atoms with Crippen molar-refractivity contribution >= 4 is 27.3 Å². The number of hydrogen-bond acceptors (Lipinski definition) is 6. The van der Waals surface area contributed by atoms with Gasteiger partial charge in [-0.15, -0.1) is 11.3 Å². The lowest BCUT2D eigenvalue weighted by Crippen LogP contribution is -2.49. The van der Waals surface area contributed by atoms with Gasteiger partial charge in [0.25, 0.3) is 5.91 Å². The Morgan fingerprint density at radius 1 is 1.41 bits per heavy atom. The third kappa shape index (κ3) is 3.32. The second-order valence-electron chi connectivity index (χ2n) is 5.70. The molecule has 0 unspecified atom stereocenters. The van der Waals surface area contributed by atoms with E-state index in [9.17, 15) is 13.2 Å². The Balaban J connectivity index is 1.68. The molecule has 0 radical (unpaired) electrons. The van der Waals surface area contributed by atoms with Crippen LogP contribution in [0.4, 0.5) is 0 Å². The molecule has 1 aromatic heterocycles. The summed E-state index contributed by atoms with van der Waals surface area (Å²) in [6.45, 7) is 2.33. The zero-order chi connectivity index (χ0) is 15.7. The Labute approximate surface area is 133 Å². The predicted octanol–water partition coefficient (Wildman–Crippen LogP) is 0.266. The SMILES string of the molecule is CS(=O)(=O)N1CCO[C@H]2CN(C(=O)c3cscn3)CC[C@H]2C1. The summed E-state index contributed by atoms with van der Waals surface area (Å²) in [6.07, 6.45) is 1.86. The van der Waals surface area contributed by atoms with Gasteiger partial charge in [0.05, 0.1) is 24.5 Å². The van der Waals surface area contributed by atoms with Crippen molar-refractivity contribution in [3.05, 3.63) is 16.6 Å². The van der Waals surface area contributed by atoms with E-state index in [4.69, 9.17) is 4.74 Å². The largest absolute Gasteiger partial charge is 0.375 e. The summed E-state index contributed by atoms with van der Waals surface area (Å²) >= 11 is 1.40. The number of sulfonamides is 1. The summed E-state index contributed by atoms with van der Waals surface area (Å²) < 4.78 is 30.8. The zero-order valence-electron chi connectivity index (χ0n) is 12.3. The van der Waals surface area contributed by atoms with Crippen molar-refractivity contribution in [3.8, 4) is 0 Å². The highest BCUT2D eigenvalue weighted by Crippen LogP contribution is 2.26. The maximum atomic E-state index is 12.4. The van der Waals surface area contributed by atoms with Crippen molar-refractivity contribution in [1.82, 2.24) is 14.2 Å². The minimum absolute atomic E-state index is 0.0764. The van der Waals surface area contributed by atoms with E-state index >= 15 is 0 Å². The summed E-state index contributed by atoms with van der Waals surface area (Å²) in [6, 6.07) is 0. The molecule has 1 aromatic rings. The van der Waals surface area contributed by atoms with Crippen LogP contribution in [0.1, 0.15) is 16.9 Å². The number of aromatic nitrogens is 1. The molecule has 2 fully saturated rings. The Kier molecular flexibility index (Phi) is 4.49. The quantitative estimate of drug-likeness (QED) is 0.768. The Bertz CT molecular complexity index is 632. The molecule has 22 heavy (non-hydrogen) atoms. The molecule has 7 nitrogen and oxygen atoms in total. The predicted molar refractivity (Wildman–Crippen MR) is 82.3 cm³/mol. The number of ether oxygens (including phenoxy) is 1. The van der Waals surface area contributed by atoms with Crippen LogP contribution in [0, 0.1) is 5.92 Å². The third-order valence-corrected chi connectivity index (χ3v) is 6.07. The minimum Gasteiger partial charge on any atom is -0.375 e. The first-order valence-corrected chi connectivity index (χ1v) is 9.98. The van der Waals surface area contributed by atoms with Gasteiger partial charge in [0.1, 0.15) is 5.69 Å². The van der Waals surface area contributed by atoms with Crippen molar-refractivity contribution in [3.63, 3.8) is 0 Å². The molecule has 0 aliphatic carbocycles. The second-order valence-corrected chi connectivity index (χ2v) is 8.40. The maximum absolute atomic E-state index is 12.4. The van der Waals surface area contributed by atoms with E-state index in [1.165, 1.54) is 21.9 Å². The van der Waals surface area contributed by atoms with Crippen LogP contribution in [0.25, 0.3) is 0 Å². The lowest BCUT2D eigenvalue weighted by molar-refractivity contribution is -0.0171. The van der Waals surface area contributed by atoms with Crippen LogP contribution in [-0.2, 0) is 14.8 Å². The highest BCUT2D eigenvalue weighted by atomic mass is 32.2. The molecule has 2 aliphatic heterocycles. The van der Waals surface area contributed by atoms with Gasteiger partial charge in [-0.1, -0.05) is 0 Å². The van der Waals surface area contributed by atoms with Crippen molar-refractivity contribution in [2.45, 2.75) is 12.5 Å². The van der Waals surface area contributed by atoms with Gasteiger partial charge in [-0.25, -0.2) is 13.4 Å². The van der Waals surface area contributed by atoms with Crippen molar-refractivity contribution in [2.75, 3.05) is 39.0 Å². The first-order valence-electron chi connectivity index (χ1n) is 7.19. The van der Waals surface area contributed by atoms with Crippen LogP contribution in [0.5, 0.6) is 0 Å². The van der Waals surface area contributed by atoms with E-state index in [0.29, 0.717) is 38.5 Å². The Morgan fingerprint density at radius 3 is 2.91 bits per heavy atom. The van der Waals surface area contributed by atoms with Gasteiger partial charge in [0.15, 0.2) is 0 Å². The molecule has 2 aliphatic rings. The van der Waals surface area contributed by atoms with Gasteiger partial charge >= 0.3 is 0 Å². The zero-order valence-corrected chi connectivity index (χ0v) is 14.0. The number of carbonyl (C=O) groups excluding carboxylic acids is 1. The minimum atomic E-state index is -3.20. The molecule has 122 valence electrons. The number of hydrogen-bond donors (Lipinski definition) is 0. The molecule has 0 bridgehead atoms. The molecule has 2 saturated heterocycles. The van der Waals surface area contributed by atoms with Gasteiger partial charge in [0, 0.05) is 37.5 Å². The molecule has 0 spiro atoms. The fourth-order valence-electron chi connectivity index (χ4n) is 2.99. The summed E-state index contributed by atoms with van der Waals surface area (Å²) in [5.74, 6) is 0.0595. The highest BCUT2D eigenvalue weighted by molar-refractivity contribution is 7.88. The molecule has 9 heteroatoms. The third-order valence-electron chi connectivity index (χ3n) is 4.21. The summed E-state index contributed by atoms with van der Waals surface area (Å²) in [5.41, 5.74) is 2.11. The number of nitrogens with zero attached hydrogens (tertiary/aromatic N) is 3. The molecule has 0 saturated carbocycles. The van der Waals surface area contributed by atoms with Crippen molar-refractivity contribution in [2.24, 2.45) is 5.92 Å².